The second kappa shape index (κ2) is 22.0. The first kappa shape index (κ1) is 48.2. The molecule has 1 aromatic heterocycles. The number of nitrogens with zero attached hydrogens (tertiary/aromatic N) is 3. The molecule has 0 saturated carbocycles. The predicted octanol–water partition coefficient (Wildman–Crippen LogP) is 6.94. The SMILES string of the molecule is C#CCC(C)(C)OC(=O)CP(OC1[C@@H](COC(c2ccccc2)(c2ccc(OC)cc2)c2ccc(OC)cc2)O[C@@H](n2ccc(N)nc2=O)[C@H]1OCCOC)N(C(C)C)C(C)C. The normalized spacial score (nSPS) is 18.5. The molecule has 0 radical (unpaired) electrons. The van der Waals surface area contributed by atoms with Gasteiger partial charge in [0.25, 0.3) is 0 Å². The van der Waals surface area contributed by atoms with Gasteiger partial charge in [-0.2, -0.15) is 4.98 Å². The Morgan fingerprint density at radius 3 is 1.98 bits per heavy atom. The van der Waals surface area contributed by atoms with Crippen LogP contribution in [-0.4, -0.2) is 103 Å². The average Bonchev–Trinajstić information content (AvgIpc) is 3.57. The Balaban J connectivity index is 1.68. The van der Waals surface area contributed by atoms with Gasteiger partial charge in [0.05, 0.1) is 34.0 Å². The van der Waals surface area contributed by atoms with Crippen LogP contribution >= 0.6 is 8.30 Å². The Morgan fingerprint density at radius 2 is 1.47 bits per heavy atom. The summed E-state index contributed by atoms with van der Waals surface area (Å²) in [5.74, 6) is 3.53. The molecular weight excluding hydrogens is 812 g/mol. The predicted molar refractivity (Wildman–Crippen MR) is 239 cm³/mol. The largest absolute Gasteiger partial charge is 0.497 e. The van der Waals surface area contributed by atoms with Gasteiger partial charge >= 0.3 is 11.7 Å². The summed E-state index contributed by atoms with van der Waals surface area (Å²) in [7, 11) is 3.05. The molecule has 5 rings (SSSR count). The average molecular weight is 873 g/mol. The fraction of sp³-hybridized carbons (Fsp3) is 0.468. The molecule has 1 aliphatic heterocycles. The summed E-state index contributed by atoms with van der Waals surface area (Å²) in [4.78, 5) is 31.4. The molecule has 0 amide bonds. The van der Waals surface area contributed by atoms with Crippen LogP contribution in [0.15, 0.2) is 95.9 Å². The number of rotatable bonds is 22. The fourth-order valence-corrected chi connectivity index (χ4v) is 9.90. The lowest BCUT2D eigenvalue weighted by Gasteiger charge is -2.40. The molecular formula is C47H61N4O10P. The number of nitrogens with two attached hydrogens (primary N) is 1. The van der Waals surface area contributed by atoms with Crippen LogP contribution in [0, 0.1) is 12.3 Å². The summed E-state index contributed by atoms with van der Waals surface area (Å²) in [5, 5.41) is 0. The van der Waals surface area contributed by atoms with Crippen LogP contribution in [0.2, 0.25) is 0 Å². The van der Waals surface area contributed by atoms with E-state index >= 15 is 0 Å². The molecule has 1 fully saturated rings. The molecule has 2 N–H and O–H groups in total. The summed E-state index contributed by atoms with van der Waals surface area (Å²) in [6, 6.07) is 26.7. The molecule has 14 nitrogen and oxygen atoms in total. The number of esters is 1. The topological polar surface area (TPSA) is 155 Å². The second-order valence-corrected chi connectivity index (χ2v) is 17.7. The number of ether oxygens (including phenoxy) is 7. The van der Waals surface area contributed by atoms with E-state index in [4.69, 9.17) is 49.8 Å². The van der Waals surface area contributed by atoms with E-state index in [2.05, 4.69) is 15.6 Å². The molecule has 5 atom stereocenters. The van der Waals surface area contributed by atoms with Crippen molar-refractivity contribution in [3.63, 3.8) is 0 Å². The zero-order valence-electron chi connectivity index (χ0n) is 37.2. The van der Waals surface area contributed by atoms with Crippen molar-refractivity contribution in [1.29, 1.82) is 0 Å². The quantitative estimate of drug-likeness (QED) is 0.0285. The van der Waals surface area contributed by atoms with Crippen LogP contribution in [0.1, 0.15) is 70.9 Å². The van der Waals surface area contributed by atoms with Crippen LogP contribution in [0.3, 0.4) is 0 Å². The van der Waals surface area contributed by atoms with Gasteiger partial charge in [0, 0.05) is 31.8 Å². The Morgan fingerprint density at radius 1 is 0.887 bits per heavy atom. The van der Waals surface area contributed by atoms with Gasteiger partial charge in [-0.3, -0.25) is 14.0 Å². The van der Waals surface area contributed by atoms with E-state index in [0.29, 0.717) is 11.5 Å². The highest BCUT2D eigenvalue weighted by molar-refractivity contribution is 7.51. The Labute approximate surface area is 366 Å². The van der Waals surface area contributed by atoms with Gasteiger partial charge in [0.1, 0.15) is 61.3 Å². The van der Waals surface area contributed by atoms with Crippen molar-refractivity contribution in [3.8, 4) is 23.8 Å². The number of benzene rings is 3. The zero-order chi connectivity index (χ0) is 45.0. The van der Waals surface area contributed by atoms with Crippen molar-refractivity contribution in [2.75, 3.05) is 53.0 Å². The highest BCUT2D eigenvalue weighted by Crippen LogP contribution is 2.51. The molecule has 0 bridgehead atoms. The molecule has 62 heavy (non-hydrogen) atoms. The third-order valence-corrected chi connectivity index (χ3v) is 12.8. The van der Waals surface area contributed by atoms with E-state index in [9.17, 15) is 9.59 Å². The van der Waals surface area contributed by atoms with Gasteiger partial charge in [-0.15, -0.1) is 12.3 Å². The van der Waals surface area contributed by atoms with Crippen molar-refractivity contribution < 1.29 is 42.5 Å². The summed E-state index contributed by atoms with van der Waals surface area (Å²) >= 11 is 0. The lowest BCUT2D eigenvalue weighted by atomic mass is 9.80. The minimum Gasteiger partial charge on any atom is -0.497 e. The number of hydrogen-bond acceptors (Lipinski definition) is 13. The third kappa shape index (κ3) is 11.6. The zero-order valence-corrected chi connectivity index (χ0v) is 38.1. The monoisotopic (exact) mass is 872 g/mol. The molecule has 3 aromatic carbocycles. The van der Waals surface area contributed by atoms with Crippen LogP contribution < -0.4 is 20.9 Å². The number of aromatic nitrogens is 2. The summed E-state index contributed by atoms with van der Waals surface area (Å²) in [6.45, 7) is 12.0. The summed E-state index contributed by atoms with van der Waals surface area (Å²) < 4.78 is 54.0. The maximum absolute atomic E-state index is 13.9. The molecule has 2 unspecified atom stereocenters. The van der Waals surface area contributed by atoms with Crippen LogP contribution in [0.5, 0.6) is 11.5 Å². The number of methoxy groups -OCH3 is 3. The molecule has 0 spiro atoms. The minimum atomic E-state index is -1.76. The van der Waals surface area contributed by atoms with Gasteiger partial charge in [0.2, 0.25) is 0 Å². The number of carbonyl (C=O) groups is 1. The second-order valence-electron chi connectivity index (χ2n) is 16.0. The van der Waals surface area contributed by atoms with Crippen LogP contribution in [-0.2, 0) is 38.6 Å². The van der Waals surface area contributed by atoms with E-state index in [1.165, 1.54) is 16.8 Å². The van der Waals surface area contributed by atoms with Gasteiger partial charge in [-0.05, 0) is 88.6 Å². The number of carbonyl (C=O) groups excluding carboxylic acids is 1. The van der Waals surface area contributed by atoms with Gasteiger partial charge in [0.15, 0.2) is 6.23 Å². The smallest absolute Gasteiger partial charge is 0.351 e. The molecule has 4 aromatic rings. The molecule has 334 valence electrons. The maximum Gasteiger partial charge on any atom is 0.351 e. The van der Waals surface area contributed by atoms with Crippen molar-refractivity contribution in [2.24, 2.45) is 0 Å². The van der Waals surface area contributed by atoms with Crippen molar-refractivity contribution in [1.82, 2.24) is 14.2 Å². The number of hydrogen-bond donors (Lipinski definition) is 1. The van der Waals surface area contributed by atoms with E-state index in [1.54, 1.807) is 35.2 Å². The standard InChI is InChI=1S/C47H61N4O10P/c1-11-26-46(6,7)60-41(52)31-62(51(32(2)3)33(4)5)61-42-39(59-44(43(42)57-29-28-54-8)50-27-25-40(48)49-45(50)53)30-58-47(34-15-13-12-14-16-34,35-17-21-37(55-9)22-18-35)36-19-23-38(56-10)24-20-36/h1,12-25,27,32-33,39,42-44H,26,28-31H2,2-10H3,(H2,48,49,53)/t39-,42?,43+,44-,62?/m1/s1. The Hall–Kier alpha value is -4.84. The molecule has 1 aliphatic rings. The number of anilines is 1. The first-order valence-electron chi connectivity index (χ1n) is 20.6. The minimum absolute atomic E-state index is 0.0481. The summed E-state index contributed by atoms with van der Waals surface area (Å²) in [6.07, 6.45) is 3.50. The lowest BCUT2D eigenvalue weighted by molar-refractivity contribution is -0.152. The van der Waals surface area contributed by atoms with Crippen molar-refractivity contribution >= 4 is 20.1 Å². The highest BCUT2D eigenvalue weighted by Gasteiger charge is 2.51. The van der Waals surface area contributed by atoms with E-state index < -0.39 is 55.7 Å². The van der Waals surface area contributed by atoms with Crippen LogP contribution in [0.25, 0.3) is 0 Å². The Bertz CT molecular complexity index is 2070. The Kier molecular flexibility index (Phi) is 17.1. The van der Waals surface area contributed by atoms with E-state index in [1.807, 2.05) is 107 Å². The molecule has 1 saturated heterocycles. The number of nitrogen functional groups attached to an aromatic ring is 1. The van der Waals surface area contributed by atoms with E-state index in [0.717, 1.165) is 16.7 Å². The highest BCUT2D eigenvalue weighted by atomic mass is 31.2. The van der Waals surface area contributed by atoms with Gasteiger partial charge in [-0.1, -0.05) is 54.6 Å². The third-order valence-electron chi connectivity index (χ3n) is 10.4. The van der Waals surface area contributed by atoms with Crippen molar-refractivity contribution in [2.45, 2.75) is 95.8 Å². The molecule has 0 aliphatic carbocycles. The van der Waals surface area contributed by atoms with Crippen LogP contribution in [0.4, 0.5) is 5.82 Å². The lowest BCUT2D eigenvalue weighted by Crippen LogP contribution is -2.44. The maximum atomic E-state index is 13.9. The van der Waals surface area contributed by atoms with E-state index in [-0.39, 0.29) is 50.3 Å². The summed E-state index contributed by atoms with van der Waals surface area (Å²) in [5.41, 5.74) is 5.62. The fourth-order valence-electron chi connectivity index (χ4n) is 7.70. The van der Waals surface area contributed by atoms with Crippen molar-refractivity contribution in [3.05, 3.63) is 118 Å². The first-order valence-corrected chi connectivity index (χ1v) is 22.0. The molecule has 15 heteroatoms. The number of terminal acetylenes is 1. The van der Waals surface area contributed by atoms with Gasteiger partial charge in [-0.25, -0.2) is 4.79 Å². The van der Waals surface area contributed by atoms with Gasteiger partial charge < -0.3 is 43.4 Å². The first-order chi connectivity index (χ1) is 29.7. The molecule has 2 heterocycles.